The molecule has 0 amide bonds. The zero-order chi connectivity index (χ0) is 14.8. The van der Waals surface area contributed by atoms with E-state index in [1.807, 2.05) is 0 Å². The molecule has 1 saturated heterocycles. The molecule has 1 aliphatic heterocycles. The molecule has 20 heavy (non-hydrogen) atoms. The lowest BCUT2D eigenvalue weighted by molar-refractivity contribution is -0.0824. The third-order valence-corrected chi connectivity index (χ3v) is 3.41. The van der Waals surface area contributed by atoms with Crippen LogP contribution in [0.15, 0.2) is 12.1 Å². The number of ether oxygens (including phenoxy) is 2. The Morgan fingerprint density at radius 3 is 2.50 bits per heavy atom. The lowest BCUT2D eigenvalue weighted by atomic mass is 9.85. The van der Waals surface area contributed by atoms with E-state index in [-0.39, 0.29) is 19.4 Å². The molecule has 3 nitrogen and oxygen atoms in total. The molecule has 2 rings (SSSR count). The van der Waals surface area contributed by atoms with E-state index in [9.17, 15) is 18.0 Å². The number of rotatable bonds is 4. The summed E-state index contributed by atoms with van der Waals surface area (Å²) in [6, 6.07) is 1.69. The van der Waals surface area contributed by atoms with Gasteiger partial charge in [0.25, 0.3) is 0 Å². The lowest BCUT2D eigenvalue weighted by Crippen LogP contribution is -2.47. The van der Waals surface area contributed by atoms with E-state index in [4.69, 9.17) is 9.47 Å². The minimum absolute atomic E-state index is 0.261. The van der Waals surface area contributed by atoms with E-state index in [0.29, 0.717) is 13.2 Å². The summed E-state index contributed by atoms with van der Waals surface area (Å²) in [5.41, 5.74) is -1.71. The third kappa shape index (κ3) is 2.58. The molecule has 0 unspecified atom stereocenters. The molecule has 0 atom stereocenters. The number of Topliss-reactive ketones (excluding diaryl/α,β-unsaturated/α-hetero) is 1. The Bertz CT molecular complexity index is 505. The SMILES string of the molecule is CCOC1(C(=O)c2ccc(F)c(F)c2F)CCOCC1. The normalized spacial score (nSPS) is 18.0. The average molecular weight is 288 g/mol. The topological polar surface area (TPSA) is 35.5 Å². The van der Waals surface area contributed by atoms with E-state index in [1.165, 1.54) is 0 Å². The summed E-state index contributed by atoms with van der Waals surface area (Å²) in [5, 5.41) is 0. The summed E-state index contributed by atoms with van der Waals surface area (Å²) in [6.07, 6.45) is 0.524. The van der Waals surface area contributed by atoms with Gasteiger partial charge in [0, 0.05) is 32.7 Å². The van der Waals surface area contributed by atoms with Crippen LogP contribution in [0.3, 0.4) is 0 Å². The van der Waals surface area contributed by atoms with Crippen molar-refractivity contribution in [1.82, 2.24) is 0 Å². The lowest BCUT2D eigenvalue weighted by Gasteiger charge is -2.35. The van der Waals surface area contributed by atoms with Crippen LogP contribution >= 0.6 is 0 Å². The number of hydrogen-bond acceptors (Lipinski definition) is 3. The highest BCUT2D eigenvalue weighted by atomic mass is 19.2. The molecule has 1 aliphatic rings. The van der Waals surface area contributed by atoms with Crippen molar-refractivity contribution in [2.45, 2.75) is 25.4 Å². The Balaban J connectivity index is 2.40. The van der Waals surface area contributed by atoms with E-state index < -0.39 is 34.4 Å². The van der Waals surface area contributed by atoms with Crippen LogP contribution in [0.1, 0.15) is 30.1 Å². The zero-order valence-electron chi connectivity index (χ0n) is 11.0. The molecule has 1 heterocycles. The fourth-order valence-electron chi connectivity index (χ4n) is 2.36. The highest BCUT2D eigenvalue weighted by molar-refractivity contribution is 6.02. The summed E-state index contributed by atoms with van der Waals surface area (Å²) >= 11 is 0. The largest absolute Gasteiger partial charge is 0.381 e. The van der Waals surface area contributed by atoms with Gasteiger partial charge in [-0.3, -0.25) is 4.79 Å². The second-order valence-electron chi connectivity index (χ2n) is 4.59. The molecule has 1 fully saturated rings. The maximum atomic E-state index is 13.8. The average Bonchev–Trinajstić information content (AvgIpc) is 2.46. The minimum Gasteiger partial charge on any atom is -0.381 e. The first-order valence-corrected chi connectivity index (χ1v) is 6.42. The predicted molar refractivity (Wildman–Crippen MR) is 65.1 cm³/mol. The third-order valence-electron chi connectivity index (χ3n) is 3.41. The van der Waals surface area contributed by atoms with E-state index >= 15 is 0 Å². The Hall–Kier alpha value is -1.40. The van der Waals surface area contributed by atoms with Crippen molar-refractivity contribution in [3.05, 3.63) is 35.1 Å². The van der Waals surface area contributed by atoms with Crippen LogP contribution in [-0.4, -0.2) is 31.2 Å². The van der Waals surface area contributed by atoms with Gasteiger partial charge in [-0.2, -0.15) is 0 Å². The van der Waals surface area contributed by atoms with Gasteiger partial charge in [-0.15, -0.1) is 0 Å². The maximum absolute atomic E-state index is 13.8. The van der Waals surface area contributed by atoms with Crippen molar-refractivity contribution < 1.29 is 27.4 Å². The Labute approximate surface area is 114 Å². The summed E-state index contributed by atoms with van der Waals surface area (Å²) in [6.45, 7) is 2.58. The first-order valence-electron chi connectivity index (χ1n) is 6.42. The van der Waals surface area contributed by atoms with Crippen LogP contribution in [0, 0.1) is 17.5 Å². The Morgan fingerprint density at radius 2 is 1.90 bits per heavy atom. The van der Waals surface area contributed by atoms with Crippen LogP contribution in [0.5, 0.6) is 0 Å². The molecule has 0 spiro atoms. The van der Waals surface area contributed by atoms with Crippen molar-refractivity contribution in [3.8, 4) is 0 Å². The molecular weight excluding hydrogens is 273 g/mol. The molecule has 0 radical (unpaired) electrons. The van der Waals surface area contributed by atoms with Gasteiger partial charge < -0.3 is 9.47 Å². The number of carbonyl (C=O) groups is 1. The number of halogens is 3. The number of benzene rings is 1. The standard InChI is InChI=1S/C14H15F3O3/c1-2-20-14(5-7-19-8-6-14)13(18)9-3-4-10(15)12(17)11(9)16/h3-4H,2,5-8H2,1H3. The minimum atomic E-state index is -1.64. The quantitative estimate of drug-likeness (QED) is 0.631. The van der Waals surface area contributed by atoms with Crippen molar-refractivity contribution in [2.24, 2.45) is 0 Å². The molecule has 110 valence electrons. The smallest absolute Gasteiger partial charge is 0.197 e. The predicted octanol–water partition coefficient (Wildman–Crippen LogP) is 2.87. The maximum Gasteiger partial charge on any atom is 0.197 e. The van der Waals surface area contributed by atoms with Gasteiger partial charge in [0.2, 0.25) is 0 Å². The van der Waals surface area contributed by atoms with Gasteiger partial charge in [0.15, 0.2) is 23.2 Å². The first-order chi connectivity index (χ1) is 9.52. The van der Waals surface area contributed by atoms with Crippen LogP contribution in [0.4, 0.5) is 13.2 Å². The highest BCUT2D eigenvalue weighted by Gasteiger charge is 2.42. The van der Waals surface area contributed by atoms with Gasteiger partial charge >= 0.3 is 0 Å². The summed E-state index contributed by atoms with van der Waals surface area (Å²) in [4.78, 5) is 12.5. The first kappa shape index (κ1) is 15.0. The van der Waals surface area contributed by atoms with Crippen LogP contribution in [0.25, 0.3) is 0 Å². The van der Waals surface area contributed by atoms with Crippen molar-refractivity contribution in [1.29, 1.82) is 0 Å². The molecule has 0 bridgehead atoms. The molecule has 0 aliphatic carbocycles. The Kier molecular flexibility index (Phi) is 4.45. The second-order valence-corrected chi connectivity index (χ2v) is 4.59. The fraction of sp³-hybridized carbons (Fsp3) is 0.500. The summed E-state index contributed by atoms with van der Waals surface area (Å²) in [7, 11) is 0. The Morgan fingerprint density at radius 1 is 1.25 bits per heavy atom. The van der Waals surface area contributed by atoms with Gasteiger partial charge in [0.05, 0.1) is 5.56 Å². The van der Waals surface area contributed by atoms with Crippen molar-refractivity contribution >= 4 is 5.78 Å². The summed E-state index contributed by atoms with van der Waals surface area (Å²) < 4.78 is 50.6. The van der Waals surface area contributed by atoms with Gasteiger partial charge in [0.1, 0.15) is 5.60 Å². The van der Waals surface area contributed by atoms with Crippen LogP contribution in [-0.2, 0) is 9.47 Å². The molecule has 6 heteroatoms. The highest BCUT2D eigenvalue weighted by Crippen LogP contribution is 2.31. The molecule has 1 aromatic carbocycles. The van der Waals surface area contributed by atoms with Crippen molar-refractivity contribution in [2.75, 3.05) is 19.8 Å². The van der Waals surface area contributed by atoms with Crippen molar-refractivity contribution in [3.63, 3.8) is 0 Å². The van der Waals surface area contributed by atoms with Crippen LogP contribution in [0.2, 0.25) is 0 Å². The van der Waals surface area contributed by atoms with Gasteiger partial charge in [-0.05, 0) is 19.1 Å². The molecule has 1 aromatic rings. The fourth-order valence-corrected chi connectivity index (χ4v) is 2.36. The molecule has 0 aromatic heterocycles. The van der Waals surface area contributed by atoms with E-state index in [1.54, 1.807) is 6.92 Å². The van der Waals surface area contributed by atoms with Crippen LogP contribution < -0.4 is 0 Å². The van der Waals surface area contributed by atoms with Gasteiger partial charge in [-0.1, -0.05) is 0 Å². The monoisotopic (exact) mass is 288 g/mol. The molecule has 0 N–H and O–H groups in total. The zero-order valence-corrected chi connectivity index (χ0v) is 11.0. The molecular formula is C14H15F3O3. The summed E-state index contributed by atoms with van der Waals surface area (Å²) in [5.74, 6) is -5.11. The van der Waals surface area contributed by atoms with E-state index in [2.05, 4.69) is 0 Å². The van der Waals surface area contributed by atoms with E-state index in [0.717, 1.165) is 12.1 Å². The molecule has 0 saturated carbocycles. The second kappa shape index (κ2) is 5.93. The number of hydrogen-bond donors (Lipinski definition) is 0. The number of carbonyl (C=O) groups excluding carboxylic acids is 1. The number of ketones is 1. The van der Waals surface area contributed by atoms with Gasteiger partial charge in [-0.25, -0.2) is 13.2 Å².